The Hall–Kier alpha value is -2.62. The van der Waals surface area contributed by atoms with E-state index in [1.165, 1.54) is 16.7 Å². The molecule has 0 spiro atoms. The number of carbonyl (C=O) groups is 2. The molecule has 2 aromatic rings. The van der Waals surface area contributed by atoms with Crippen LogP contribution in [0.15, 0.2) is 54.6 Å². The van der Waals surface area contributed by atoms with Crippen LogP contribution in [0, 0.1) is 5.92 Å². The Morgan fingerprint density at radius 1 is 0.875 bits per heavy atom. The summed E-state index contributed by atoms with van der Waals surface area (Å²) in [6.07, 6.45) is 8.04. The van der Waals surface area contributed by atoms with Crippen molar-refractivity contribution in [2.24, 2.45) is 5.92 Å². The second-order valence-electron chi connectivity index (χ2n) is 9.56. The Bertz CT molecular complexity index is 881. The number of likely N-dealkylation sites (tertiary alicyclic amines) is 1. The van der Waals surface area contributed by atoms with Crippen molar-refractivity contribution < 1.29 is 9.59 Å². The van der Waals surface area contributed by atoms with Gasteiger partial charge in [0.25, 0.3) is 0 Å². The molecule has 2 aliphatic rings. The van der Waals surface area contributed by atoms with E-state index < -0.39 is 0 Å². The Morgan fingerprint density at radius 2 is 1.53 bits per heavy atom. The molecule has 1 aliphatic carbocycles. The standard InChI is InChI=1S/C28H36N2O2/c1-22(31)29-18-16-25(17-19-29)20-24-10-12-26(13-11-24)21-30(27-14-15-27)28(32)9-5-8-23-6-3-2-4-7-23/h2-4,6-7,10-13,25,27H,5,8-9,14-21H2,1H3. The molecule has 0 N–H and O–H groups in total. The molecule has 2 fully saturated rings. The van der Waals surface area contributed by atoms with Crippen molar-refractivity contribution in [3.8, 4) is 0 Å². The lowest BCUT2D eigenvalue weighted by atomic mass is 9.90. The minimum atomic E-state index is 0.197. The minimum absolute atomic E-state index is 0.197. The highest BCUT2D eigenvalue weighted by atomic mass is 16.2. The number of hydrogen-bond donors (Lipinski definition) is 0. The van der Waals surface area contributed by atoms with Gasteiger partial charge in [0.05, 0.1) is 0 Å². The number of amides is 2. The SMILES string of the molecule is CC(=O)N1CCC(Cc2ccc(CN(C(=O)CCCc3ccccc3)C3CC3)cc2)CC1. The van der Waals surface area contributed by atoms with Crippen LogP contribution in [0.1, 0.15) is 62.1 Å². The van der Waals surface area contributed by atoms with E-state index in [0.29, 0.717) is 24.3 Å². The maximum Gasteiger partial charge on any atom is 0.223 e. The largest absolute Gasteiger partial charge is 0.343 e. The van der Waals surface area contributed by atoms with Crippen molar-refractivity contribution in [3.05, 3.63) is 71.3 Å². The number of rotatable bonds is 9. The van der Waals surface area contributed by atoms with Gasteiger partial charge in [0, 0.05) is 39.0 Å². The number of aryl methyl sites for hydroxylation is 1. The first kappa shape index (κ1) is 22.6. The molecular weight excluding hydrogens is 396 g/mol. The molecule has 4 nitrogen and oxygen atoms in total. The van der Waals surface area contributed by atoms with Gasteiger partial charge in [-0.05, 0) is 67.6 Å². The van der Waals surface area contributed by atoms with Crippen LogP contribution in [-0.4, -0.2) is 40.7 Å². The Labute approximate surface area is 192 Å². The molecule has 1 heterocycles. The summed E-state index contributed by atoms with van der Waals surface area (Å²) in [6, 6.07) is 19.7. The molecule has 170 valence electrons. The van der Waals surface area contributed by atoms with Gasteiger partial charge in [-0.15, -0.1) is 0 Å². The number of nitrogens with zero attached hydrogens (tertiary/aromatic N) is 2. The van der Waals surface area contributed by atoms with Gasteiger partial charge in [-0.3, -0.25) is 9.59 Å². The molecule has 0 atom stereocenters. The molecule has 2 aromatic carbocycles. The summed E-state index contributed by atoms with van der Waals surface area (Å²) in [4.78, 5) is 28.5. The third-order valence-corrected chi connectivity index (χ3v) is 6.97. The molecule has 1 saturated carbocycles. The highest BCUT2D eigenvalue weighted by Gasteiger charge is 2.32. The summed E-state index contributed by atoms with van der Waals surface area (Å²) < 4.78 is 0. The van der Waals surface area contributed by atoms with Crippen LogP contribution in [0.5, 0.6) is 0 Å². The van der Waals surface area contributed by atoms with Crippen molar-refractivity contribution in [2.45, 2.75) is 70.9 Å². The zero-order chi connectivity index (χ0) is 22.3. The average Bonchev–Trinajstić information content (AvgIpc) is 3.65. The van der Waals surface area contributed by atoms with Gasteiger partial charge in [0.1, 0.15) is 0 Å². The van der Waals surface area contributed by atoms with E-state index in [9.17, 15) is 9.59 Å². The molecule has 4 heteroatoms. The second-order valence-corrected chi connectivity index (χ2v) is 9.56. The summed E-state index contributed by atoms with van der Waals surface area (Å²) in [7, 11) is 0. The van der Waals surface area contributed by atoms with Gasteiger partial charge in [-0.1, -0.05) is 54.6 Å². The predicted octanol–water partition coefficient (Wildman–Crippen LogP) is 5.00. The number of piperidine rings is 1. The molecule has 0 aromatic heterocycles. The molecule has 1 saturated heterocycles. The van der Waals surface area contributed by atoms with Crippen LogP contribution in [-0.2, 0) is 29.0 Å². The first-order valence-electron chi connectivity index (χ1n) is 12.2. The smallest absolute Gasteiger partial charge is 0.223 e. The zero-order valence-electron chi connectivity index (χ0n) is 19.3. The highest BCUT2D eigenvalue weighted by Crippen LogP contribution is 2.29. The molecule has 4 rings (SSSR count). The fourth-order valence-electron chi connectivity index (χ4n) is 4.80. The van der Waals surface area contributed by atoms with E-state index in [2.05, 4.69) is 53.4 Å². The fraction of sp³-hybridized carbons (Fsp3) is 0.500. The summed E-state index contributed by atoms with van der Waals surface area (Å²) >= 11 is 0. The number of benzene rings is 2. The minimum Gasteiger partial charge on any atom is -0.343 e. The quantitative estimate of drug-likeness (QED) is 0.559. The van der Waals surface area contributed by atoms with E-state index in [0.717, 1.165) is 64.6 Å². The Morgan fingerprint density at radius 3 is 2.16 bits per heavy atom. The topological polar surface area (TPSA) is 40.6 Å². The van der Waals surface area contributed by atoms with Gasteiger partial charge in [-0.25, -0.2) is 0 Å². The molecule has 2 amide bonds. The summed E-state index contributed by atoms with van der Waals surface area (Å²) in [5.74, 6) is 1.15. The first-order chi connectivity index (χ1) is 15.6. The number of carbonyl (C=O) groups excluding carboxylic acids is 2. The predicted molar refractivity (Wildman–Crippen MR) is 128 cm³/mol. The third-order valence-electron chi connectivity index (χ3n) is 6.97. The van der Waals surface area contributed by atoms with Gasteiger partial charge >= 0.3 is 0 Å². The lowest BCUT2D eigenvalue weighted by molar-refractivity contribution is -0.132. The van der Waals surface area contributed by atoms with E-state index in [-0.39, 0.29) is 5.91 Å². The van der Waals surface area contributed by atoms with Crippen molar-refractivity contribution in [1.82, 2.24) is 9.80 Å². The van der Waals surface area contributed by atoms with Crippen molar-refractivity contribution in [1.29, 1.82) is 0 Å². The summed E-state index contributed by atoms with van der Waals surface area (Å²) in [5.41, 5.74) is 3.89. The second kappa shape index (κ2) is 10.8. The molecule has 1 aliphatic heterocycles. The van der Waals surface area contributed by atoms with Gasteiger partial charge in [-0.2, -0.15) is 0 Å². The Kier molecular flexibility index (Phi) is 7.62. The Balaban J connectivity index is 1.25. The van der Waals surface area contributed by atoms with Crippen LogP contribution in [0.4, 0.5) is 0 Å². The van der Waals surface area contributed by atoms with Crippen molar-refractivity contribution in [2.75, 3.05) is 13.1 Å². The summed E-state index contributed by atoms with van der Waals surface area (Å²) in [5, 5.41) is 0. The van der Waals surface area contributed by atoms with Gasteiger partial charge in [0.2, 0.25) is 11.8 Å². The average molecular weight is 433 g/mol. The highest BCUT2D eigenvalue weighted by molar-refractivity contribution is 5.77. The maximum atomic E-state index is 12.9. The van der Waals surface area contributed by atoms with Crippen LogP contribution >= 0.6 is 0 Å². The van der Waals surface area contributed by atoms with Crippen LogP contribution in [0.3, 0.4) is 0 Å². The van der Waals surface area contributed by atoms with E-state index in [1.807, 2.05) is 11.0 Å². The summed E-state index contributed by atoms with van der Waals surface area (Å²) in [6.45, 7) is 4.17. The normalized spacial score (nSPS) is 16.7. The van der Waals surface area contributed by atoms with E-state index >= 15 is 0 Å². The lowest BCUT2D eigenvalue weighted by Gasteiger charge is -2.31. The van der Waals surface area contributed by atoms with Crippen LogP contribution < -0.4 is 0 Å². The van der Waals surface area contributed by atoms with E-state index in [4.69, 9.17) is 0 Å². The molecule has 0 unspecified atom stereocenters. The monoisotopic (exact) mass is 432 g/mol. The molecule has 0 bridgehead atoms. The van der Waals surface area contributed by atoms with Crippen LogP contribution in [0.2, 0.25) is 0 Å². The first-order valence-corrected chi connectivity index (χ1v) is 12.2. The lowest BCUT2D eigenvalue weighted by Crippen LogP contribution is -2.37. The number of hydrogen-bond acceptors (Lipinski definition) is 2. The van der Waals surface area contributed by atoms with Crippen molar-refractivity contribution in [3.63, 3.8) is 0 Å². The van der Waals surface area contributed by atoms with Crippen LogP contribution in [0.25, 0.3) is 0 Å². The van der Waals surface area contributed by atoms with Crippen molar-refractivity contribution >= 4 is 11.8 Å². The molecular formula is C28H36N2O2. The van der Waals surface area contributed by atoms with Gasteiger partial charge in [0.15, 0.2) is 0 Å². The third kappa shape index (κ3) is 6.44. The van der Waals surface area contributed by atoms with E-state index in [1.54, 1.807) is 6.92 Å². The fourth-order valence-corrected chi connectivity index (χ4v) is 4.80. The molecule has 32 heavy (non-hydrogen) atoms. The molecule has 0 radical (unpaired) electrons. The zero-order valence-corrected chi connectivity index (χ0v) is 19.3. The maximum absolute atomic E-state index is 12.9. The van der Waals surface area contributed by atoms with Gasteiger partial charge < -0.3 is 9.80 Å².